The van der Waals surface area contributed by atoms with Crippen LogP contribution in [0.25, 0.3) is 76.6 Å². The minimum absolute atomic E-state index is 1.01. The van der Waals surface area contributed by atoms with Crippen LogP contribution in [-0.2, 0) is 0 Å². The Bertz CT molecular complexity index is 2100. The molecular formula is C36H22N2. The molecule has 0 aliphatic carbocycles. The quantitative estimate of drug-likeness (QED) is 0.234. The van der Waals surface area contributed by atoms with Crippen LogP contribution in [0.4, 0.5) is 0 Å². The van der Waals surface area contributed by atoms with Crippen molar-refractivity contribution < 1.29 is 0 Å². The van der Waals surface area contributed by atoms with Gasteiger partial charge in [0.2, 0.25) is 0 Å². The third-order valence-electron chi connectivity index (χ3n) is 7.79. The molecule has 0 radical (unpaired) electrons. The van der Waals surface area contributed by atoms with Crippen molar-refractivity contribution in [3.05, 3.63) is 134 Å². The molecule has 0 N–H and O–H groups in total. The lowest BCUT2D eigenvalue weighted by atomic mass is 9.87. The summed E-state index contributed by atoms with van der Waals surface area (Å²) in [6, 6.07) is 41.6. The number of hydrogen-bond donors (Lipinski definition) is 0. The van der Waals surface area contributed by atoms with Crippen LogP contribution >= 0.6 is 0 Å². The van der Waals surface area contributed by atoms with Crippen LogP contribution in [0.15, 0.2) is 134 Å². The summed E-state index contributed by atoms with van der Waals surface area (Å²) < 4.78 is 0. The van der Waals surface area contributed by atoms with Gasteiger partial charge in [0.15, 0.2) is 0 Å². The van der Waals surface area contributed by atoms with Gasteiger partial charge in [0.25, 0.3) is 0 Å². The first-order valence-electron chi connectivity index (χ1n) is 12.9. The molecule has 0 saturated heterocycles. The van der Waals surface area contributed by atoms with Crippen molar-refractivity contribution in [1.82, 2.24) is 9.97 Å². The van der Waals surface area contributed by atoms with Gasteiger partial charge in [0, 0.05) is 29.5 Å². The van der Waals surface area contributed by atoms with E-state index in [4.69, 9.17) is 0 Å². The number of aromatic nitrogens is 2. The number of pyridine rings is 2. The Labute approximate surface area is 220 Å². The van der Waals surface area contributed by atoms with Crippen LogP contribution in [0.2, 0.25) is 0 Å². The van der Waals surface area contributed by atoms with Crippen LogP contribution in [0.5, 0.6) is 0 Å². The summed E-state index contributed by atoms with van der Waals surface area (Å²) in [6.07, 6.45) is 5.66. The van der Waals surface area contributed by atoms with Gasteiger partial charge in [0.1, 0.15) is 0 Å². The van der Waals surface area contributed by atoms with Crippen molar-refractivity contribution in [2.45, 2.75) is 0 Å². The lowest BCUT2D eigenvalue weighted by molar-refractivity contribution is 1.33. The second kappa shape index (κ2) is 8.22. The van der Waals surface area contributed by atoms with Gasteiger partial charge in [0.05, 0.1) is 5.69 Å². The van der Waals surface area contributed by atoms with E-state index < -0.39 is 0 Å². The Balaban J connectivity index is 1.31. The molecule has 0 unspecified atom stereocenters. The van der Waals surface area contributed by atoms with Crippen LogP contribution in [0.1, 0.15) is 0 Å². The molecule has 0 saturated carbocycles. The average Bonchev–Trinajstić information content (AvgIpc) is 3.00. The maximum atomic E-state index is 4.65. The van der Waals surface area contributed by atoms with Crippen LogP contribution in [0, 0.1) is 0 Å². The summed E-state index contributed by atoms with van der Waals surface area (Å²) in [7, 11) is 0. The summed E-state index contributed by atoms with van der Waals surface area (Å²) in [5.41, 5.74) is 7.09. The Hall–Kier alpha value is -5.08. The Kier molecular flexibility index (Phi) is 4.55. The molecule has 8 rings (SSSR count). The van der Waals surface area contributed by atoms with Crippen molar-refractivity contribution in [3.8, 4) is 33.5 Å². The number of benzene rings is 6. The highest BCUT2D eigenvalue weighted by molar-refractivity contribution is 6.27. The van der Waals surface area contributed by atoms with Crippen molar-refractivity contribution in [2.24, 2.45) is 0 Å². The van der Waals surface area contributed by atoms with E-state index in [1.54, 1.807) is 0 Å². The van der Waals surface area contributed by atoms with Gasteiger partial charge in [-0.05, 0) is 78.2 Å². The maximum Gasteiger partial charge on any atom is 0.0708 e. The molecule has 38 heavy (non-hydrogen) atoms. The zero-order valence-electron chi connectivity index (χ0n) is 20.6. The minimum atomic E-state index is 1.01. The SMILES string of the molecule is c1ccc(-c2ccc3ccc4c(-c5ccc(-c6cccc7cnccc67)cc5)ccc5ccc2c3c54)nc1. The lowest BCUT2D eigenvalue weighted by Gasteiger charge is -2.16. The molecule has 0 spiro atoms. The molecule has 176 valence electrons. The smallest absolute Gasteiger partial charge is 0.0708 e. The molecule has 6 aromatic carbocycles. The third-order valence-corrected chi connectivity index (χ3v) is 7.79. The van der Waals surface area contributed by atoms with Gasteiger partial charge in [-0.15, -0.1) is 0 Å². The summed E-state index contributed by atoms with van der Waals surface area (Å²) in [5, 5.41) is 10.1. The number of nitrogens with zero attached hydrogens (tertiary/aromatic N) is 2. The number of hydrogen-bond acceptors (Lipinski definition) is 2. The highest BCUT2D eigenvalue weighted by Crippen LogP contribution is 2.42. The fourth-order valence-electron chi connectivity index (χ4n) is 6.00. The summed E-state index contributed by atoms with van der Waals surface area (Å²) in [5.74, 6) is 0. The molecule has 0 aliphatic rings. The predicted molar refractivity (Wildman–Crippen MR) is 160 cm³/mol. The normalized spacial score (nSPS) is 11.7. The van der Waals surface area contributed by atoms with E-state index in [-0.39, 0.29) is 0 Å². The first-order chi connectivity index (χ1) is 18.8. The second-order valence-electron chi connectivity index (χ2n) is 9.84. The van der Waals surface area contributed by atoms with Gasteiger partial charge in [-0.3, -0.25) is 9.97 Å². The van der Waals surface area contributed by atoms with E-state index in [0.717, 1.165) is 11.1 Å². The minimum Gasteiger partial charge on any atom is -0.264 e. The maximum absolute atomic E-state index is 4.65. The van der Waals surface area contributed by atoms with E-state index in [0.29, 0.717) is 0 Å². The summed E-state index contributed by atoms with van der Waals surface area (Å²) in [6.45, 7) is 0. The van der Waals surface area contributed by atoms with Crippen LogP contribution in [0.3, 0.4) is 0 Å². The average molecular weight is 483 g/mol. The van der Waals surface area contributed by atoms with E-state index in [9.17, 15) is 0 Å². The predicted octanol–water partition coefficient (Wildman–Crippen LogP) is 9.53. The molecule has 2 aromatic heterocycles. The molecular weight excluding hydrogens is 460 g/mol. The number of fused-ring (bicyclic) bond motifs is 1. The van der Waals surface area contributed by atoms with Crippen molar-refractivity contribution >= 4 is 43.1 Å². The first kappa shape index (κ1) is 21.0. The fraction of sp³-hybridized carbons (Fsp3) is 0. The molecule has 2 heterocycles. The molecule has 0 atom stereocenters. The lowest BCUT2D eigenvalue weighted by Crippen LogP contribution is -1.90. The molecule has 0 amide bonds. The van der Waals surface area contributed by atoms with Crippen LogP contribution < -0.4 is 0 Å². The van der Waals surface area contributed by atoms with Gasteiger partial charge in [-0.25, -0.2) is 0 Å². The molecule has 0 fully saturated rings. The number of rotatable bonds is 3. The van der Waals surface area contributed by atoms with Crippen molar-refractivity contribution in [2.75, 3.05) is 0 Å². The Morgan fingerprint density at radius 1 is 0.395 bits per heavy atom. The zero-order valence-corrected chi connectivity index (χ0v) is 20.6. The highest BCUT2D eigenvalue weighted by Gasteiger charge is 2.15. The van der Waals surface area contributed by atoms with E-state index in [1.807, 2.05) is 24.7 Å². The van der Waals surface area contributed by atoms with Gasteiger partial charge < -0.3 is 0 Å². The fourth-order valence-corrected chi connectivity index (χ4v) is 6.00. The standard InChI is InChI=1S/C36H22N2/c1-2-20-38-34(6-1)31-16-12-26-13-17-32-29(15-11-25-14-18-33(31)36(26)35(25)32)24-9-7-23(8-10-24)28-5-3-4-27-22-37-21-19-30(27)28/h1-22H. The first-order valence-corrected chi connectivity index (χ1v) is 12.9. The van der Waals surface area contributed by atoms with E-state index >= 15 is 0 Å². The molecule has 0 aliphatic heterocycles. The Morgan fingerprint density at radius 3 is 1.76 bits per heavy atom. The monoisotopic (exact) mass is 482 g/mol. The summed E-state index contributed by atoms with van der Waals surface area (Å²) >= 11 is 0. The highest BCUT2D eigenvalue weighted by atomic mass is 14.7. The van der Waals surface area contributed by atoms with Crippen molar-refractivity contribution in [1.29, 1.82) is 0 Å². The zero-order chi connectivity index (χ0) is 25.1. The van der Waals surface area contributed by atoms with E-state index in [1.165, 1.54) is 65.5 Å². The molecule has 2 nitrogen and oxygen atoms in total. The molecule has 8 aromatic rings. The third kappa shape index (κ3) is 3.14. The van der Waals surface area contributed by atoms with Gasteiger partial charge in [-0.1, -0.05) is 97.1 Å². The second-order valence-corrected chi connectivity index (χ2v) is 9.84. The van der Waals surface area contributed by atoms with Gasteiger partial charge >= 0.3 is 0 Å². The van der Waals surface area contributed by atoms with E-state index in [2.05, 4.69) is 119 Å². The topological polar surface area (TPSA) is 25.8 Å². The molecule has 2 heteroatoms. The molecule has 0 bridgehead atoms. The summed E-state index contributed by atoms with van der Waals surface area (Å²) in [4.78, 5) is 8.93. The van der Waals surface area contributed by atoms with Crippen molar-refractivity contribution in [3.63, 3.8) is 0 Å². The van der Waals surface area contributed by atoms with Gasteiger partial charge in [-0.2, -0.15) is 0 Å². The largest absolute Gasteiger partial charge is 0.264 e. The van der Waals surface area contributed by atoms with Crippen LogP contribution in [-0.4, -0.2) is 9.97 Å². The Morgan fingerprint density at radius 2 is 1.05 bits per heavy atom.